The van der Waals surface area contributed by atoms with Crippen LogP contribution in [0.2, 0.25) is 0 Å². The van der Waals surface area contributed by atoms with Crippen LogP contribution in [0.5, 0.6) is 0 Å². The second kappa shape index (κ2) is 6.00. The zero-order chi connectivity index (χ0) is 13.9. The van der Waals surface area contributed by atoms with Gasteiger partial charge in [0.15, 0.2) is 0 Å². The summed E-state index contributed by atoms with van der Waals surface area (Å²) < 4.78 is 39.0. The molecule has 1 aromatic heterocycles. The topological polar surface area (TPSA) is 82.5 Å². The normalized spacial score (nSPS) is 23.9. The fourth-order valence-corrected chi connectivity index (χ4v) is 3.18. The Hall–Kier alpha value is -0.960. The van der Waals surface area contributed by atoms with Gasteiger partial charge in [-0.3, -0.25) is 4.68 Å². The highest BCUT2D eigenvalue weighted by atomic mass is 32.2. The number of aromatic nitrogens is 2. The number of sulfonamides is 1. The molecule has 19 heavy (non-hydrogen) atoms. The van der Waals surface area contributed by atoms with Crippen LogP contribution in [0.1, 0.15) is 13.3 Å². The number of hydrogen-bond acceptors (Lipinski definition) is 5. The van der Waals surface area contributed by atoms with E-state index in [2.05, 4.69) is 9.82 Å². The van der Waals surface area contributed by atoms with Gasteiger partial charge in [-0.25, -0.2) is 13.1 Å². The molecule has 8 heteroatoms. The van der Waals surface area contributed by atoms with Crippen LogP contribution in [0.15, 0.2) is 17.3 Å². The van der Waals surface area contributed by atoms with Gasteiger partial charge in [0, 0.05) is 19.9 Å². The lowest BCUT2D eigenvalue weighted by atomic mass is 10.2. The third kappa shape index (κ3) is 3.33. The van der Waals surface area contributed by atoms with Crippen molar-refractivity contribution in [3.63, 3.8) is 0 Å². The molecule has 0 aromatic carbocycles. The van der Waals surface area contributed by atoms with E-state index in [9.17, 15) is 8.42 Å². The first kappa shape index (κ1) is 14.4. The van der Waals surface area contributed by atoms with Gasteiger partial charge in [0.2, 0.25) is 10.0 Å². The molecule has 2 atom stereocenters. The van der Waals surface area contributed by atoms with Gasteiger partial charge >= 0.3 is 0 Å². The van der Waals surface area contributed by atoms with Crippen molar-refractivity contribution in [2.75, 3.05) is 20.3 Å². The number of hydrogen-bond donors (Lipinski definition) is 1. The Kier molecular flexibility index (Phi) is 4.56. The van der Waals surface area contributed by atoms with E-state index < -0.39 is 10.0 Å². The van der Waals surface area contributed by atoms with Crippen LogP contribution in [0.25, 0.3) is 0 Å². The van der Waals surface area contributed by atoms with Gasteiger partial charge in [0.05, 0.1) is 31.6 Å². The standard InChI is InChI=1S/C11H19N3O4S/c1-3-4-14-6-9(5-12-14)19(15,16)13-10-7-18-8-11(10)17-2/h5-6,10-11,13H,3-4,7-8H2,1-2H3/t10-,11-/m0/s1. The van der Waals surface area contributed by atoms with Crippen molar-refractivity contribution in [1.29, 1.82) is 0 Å². The molecule has 1 saturated heterocycles. The van der Waals surface area contributed by atoms with Crippen molar-refractivity contribution in [1.82, 2.24) is 14.5 Å². The van der Waals surface area contributed by atoms with Crippen LogP contribution >= 0.6 is 0 Å². The van der Waals surface area contributed by atoms with Gasteiger partial charge < -0.3 is 9.47 Å². The summed E-state index contributed by atoms with van der Waals surface area (Å²) in [4.78, 5) is 0.169. The number of nitrogens with one attached hydrogen (secondary N) is 1. The minimum atomic E-state index is -3.58. The lowest BCUT2D eigenvalue weighted by Gasteiger charge is -2.16. The predicted molar refractivity (Wildman–Crippen MR) is 68.2 cm³/mol. The van der Waals surface area contributed by atoms with Crippen LogP contribution in [0.4, 0.5) is 0 Å². The molecule has 2 rings (SSSR count). The molecule has 1 fully saturated rings. The molecule has 1 aromatic rings. The SMILES string of the molecule is CCCn1cc(S(=O)(=O)N[C@H]2COC[C@@H]2OC)cn1. The Morgan fingerprint density at radius 2 is 2.37 bits per heavy atom. The maximum atomic E-state index is 12.2. The fraction of sp³-hybridized carbons (Fsp3) is 0.727. The lowest BCUT2D eigenvalue weighted by molar-refractivity contribution is 0.0761. The van der Waals surface area contributed by atoms with Gasteiger partial charge in [-0.1, -0.05) is 6.92 Å². The van der Waals surface area contributed by atoms with E-state index in [1.54, 1.807) is 11.8 Å². The molecular formula is C11H19N3O4S. The number of rotatable bonds is 6. The Morgan fingerprint density at radius 1 is 1.58 bits per heavy atom. The van der Waals surface area contributed by atoms with E-state index in [1.807, 2.05) is 6.92 Å². The number of ether oxygens (including phenoxy) is 2. The first-order valence-corrected chi connectivity index (χ1v) is 7.70. The van der Waals surface area contributed by atoms with Gasteiger partial charge in [0.1, 0.15) is 4.90 Å². The summed E-state index contributed by atoms with van der Waals surface area (Å²) in [7, 11) is -2.04. The van der Waals surface area contributed by atoms with Crippen molar-refractivity contribution >= 4 is 10.0 Å². The van der Waals surface area contributed by atoms with Crippen LogP contribution < -0.4 is 4.72 Å². The van der Waals surface area contributed by atoms with Crippen LogP contribution in [-0.4, -0.2) is 50.7 Å². The molecule has 0 unspecified atom stereocenters. The minimum Gasteiger partial charge on any atom is -0.377 e. The van der Waals surface area contributed by atoms with E-state index >= 15 is 0 Å². The lowest BCUT2D eigenvalue weighted by Crippen LogP contribution is -2.43. The zero-order valence-corrected chi connectivity index (χ0v) is 11.9. The maximum absolute atomic E-state index is 12.2. The monoisotopic (exact) mass is 289 g/mol. The Labute approximate surface area is 112 Å². The summed E-state index contributed by atoms with van der Waals surface area (Å²) in [5, 5.41) is 4.02. The van der Waals surface area contributed by atoms with Crippen molar-refractivity contribution in [2.24, 2.45) is 0 Å². The third-order valence-electron chi connectivity index (χ3n) is 3.01. The van der Waals surface area contributed by atoms with E-state index in [0.717, 1.165) is 6.42 Å². The van der Waals surface area contributed by atoms with Crippen molar-refractivity contribution < 1.29 is 17.9 Å². The zero-order valence-electron chi connectivity index (χ0n) is 11.1. The van der Waals surface area contributed by atoms with Gasteiger partial charge in [-0.15, -0.1) is 0 Å². The predicted octanol–water partition coefficient (Wildman–Crippen LogP) is -0.0148. The first-order chi connectivity index (χ1) is 9.06. The van der Waals surface area contributed by atoms with E-state index in [4.69, 9.17) is 9.47 Å². The van der Waals surface area contributed by atoms with Gasteiger partial charge in [-0.2, -0.15) is 5.10 Å². The Morgan fingerprint density at radius 3 is 3.05 bits per heavy atom. The van der Waals surface area contributed by atoms with Crippen LogP contribution in [0.3, 0.4) is 0 Å². The van der Waals surface area contributed by atoms with Gasteiger partial charge in [0.25, 0.3) is 0 Å². The molecule has 1 aliphatic heterocycles. The van der Waals surface area contributed by atoms with Crippen molar-refractivity contribution in [3.05, 3.63) is 12.4 Å². The Balaban J connectivity index is 2.08. The molecule has 0 amide bonds. The van der Waals surface area contributed by atoms with Gasteiger partial charge in [-0.05, 0) is 6.42 Å². The summed E-state index contributed by atoms with van der Waals surface area (Å²) in [6.45, 7) is 3.43. The average Bonchev–Trinajstić information content (AvgIpc) is 2.98. The minimum absolute atomic E-state index is 0.169. The fourth-order valence-electron chi connectivity index (χ4n) is 1.98. The highest BCUT2D eigenvalue weighted by Crippen LogP contribution is 2.14. The third-order valence-corrected chi connectivity index (χ3v) is 4.45. The highest BCUT2D eigenvalue weighted by molar-refractivity contribution is 7.89. The number of methoxy groups -OCH3 is 1. The van der Waals surface area contributed by atoms with Crippen molar-refractivity contribution in [3.8, 4) is 0 Å². The molecule has 0 radical (unpaired) electrons. The molecule has 2 heterocycles. The molecular weight excluding hydrogens is 270 g/mol. The smallest absolute Gasteiger partial charge is 0.244 e. The molecule has 7 nitrogen and oxygen atoms in total. The maximum Gasteiger partial charge on any atom is 0.244 e. The van der Waals surface area contributed by atoms with E-state index in [0.29, 0.717) is 19.8 Å². The van der Waals surface area contributed by atoms with E-state index in [-0.39, 0.29) is 17.0 Å². The molecule has 1 N–H and O–H groups in total. The molecule has 108 valence electrons. The Bertz CT molecular complexity index is 514. The largest absolute Gasteiger partial charge is 0.377 e. The second-order valence-corrected chi connectivity index (χ2v) is 6.19. The molecule has 0 bridgehead atoms. The quantitative estimate of drug-likeness (QED) is 0.796. The van der Waals surface area contributed by atoms with Crippen LogP contribution in [-0.2, 0) is 26.0 Å². The average molecular weight is 289 g/mol. The number of nitrogens with zero attached hydrogens (tertiary/aromatic N) is 2. The first-order valence-electron chi connectivity index (χ1n) is 6.22. The summed E-state index contributed by atoms with van der Waals surface area (Å²) in [5.74, 6) is 0. The summed E-state index contributed by atoms with van der Waals surface area (Å²) in [6.07, 6.45) is 3.54. The molecule has 0 saturated carbocycles. The highest BCUT2D eigenvalue weighted by Gasteiger charge is 2.32. The second-order valence-electron chi connectivity index (χ2n) is 4.48. The summed E-state index contributed by atoms with van der Waals surface area (Å²) in [5.41, 5.74) is 0. The van der Waals surface area contributed by atoms with Crippen LogP contribution in [0, 0.1) is 0 Å². The van der Waals surface area contributed by atoms with Crippen molar-refractivity contribution in [2.45, 2.75) is 36.9 Å². The number of aryl methyl sites for hydroxylation is 1. The molecule has 0 aliphatic carbocycles. The summed E-state index contributed by atoms with van der Waals surface area (Å²) >= 11 is 0. The molecule has 0 spiro atoms. The van der Waals surface area contributed by atoms with E-state index in [1.165, 1.54) is 12.4 Å². The molecule has 1 aliphatic rings. The summed E-state index contributed by atoms with van der Waals surface area (Å²) in [6, 6.07) is -0.357.